The van der Waals surface area contributed by atoms with Gasteiger partial charge in [0, 0.05) is 19.2 Å². The highest BCUT2D eigenvalue weighted by atomic mass is 35.5. The predicted molar refractivity (Wildman–Crippen MR) is 80.5 cm³/mol. The molecule has 6 heteroatoms. The zero-order valence-electron chi connectivity index (χ0n) is 11.8. The molecule has 0 saturated carbocycles. The van der Waals surface area contributed by atoms with Crippen LogP contribution in [0.1, 0.15) is 20.8 Å². The van der Waals surface area contributed by atoms with Gasteiger partial charge in [0.1, 0.15) is 5.75 Å². The standard InChI is InChI=1S/C14H19Cl2NO3/c1-4-17(9-14(2,3)19)13(18)8-20-10-5-6-11(15)12(16)7-10/h5-7,19H,4,8-9H2,1-3H3. The van der Waals surface area contributed by atoms with Gasteiger partial charge in [-0.3, -0.25) is 4.79 Å². The third-order valence-electron chi connectivity index (χ3n) is 2.57. The Morgan fingerprint density at radius 3 is 2.50 bits per heavy atom. The maximum atomic E-state index is 12.0. The van der Waals surface area contributed by atoms with Crippen LogP contribution in [0.15, 0.2) is 18.2 Å². The molecule has 0 aliphatic rings. The highest BCUT2D eigenvalue weighted by Crippen LogP contribution is 2.26. The largest absolute Gasteiger partial charge is 0.484 e. The molecule has 20 heavy (non-hydrogen) atoms. The Hall–Kier alpha value is -0.970. The van der Waals surface area contributed by atoms with Crippen molar-refractivity contribution in [1.82, 2.24) is 4.90 Å². The first-order valence-electron chi connectivity index (χ1n) is 6.31. The van der Waals surface area contributed by atoms with Crippen LogP contribution < -0.4 is 4.74 Å². The molecule has 0 aromatic heterocycles. The quantitative estimate of drug-likeness (QED) is 0.877. The number of carbonyl (C=O) groups is 1. The van der Waals surface area contributed by atoms with E-state index in [-0.39, 0.29) is 19.1 Å². The first kappa shape index (κ1) is 17.1. The fourth-order valence-corrected chi connectivity index (χ4v) is 1.93. The molecule has 1 aromatic carbocycles. The van der Waals surface area contributed by atoms with Gasteiger partial charge in [-0.25, -0.2) is 0 Å². The van der Waals surface area contributed by atoms with Crippen LogP contribution in [0.3, 0.4) is 0 Å². The minimum absolute atomic E-state index is 0.109. The Morgan fingerprint density at radius 2 is 2.00 bits per heavy atom. The van der Waals surface area contributed by atoms with Crippen LogP contribution >= 0.6 is 23.2 Å². The van der Waals surface area contributed by atoms with Crippen LogP contribution in [-0.4, -0.2) is 41.2 Å². The van der Waals surface area contributed by atoms with Crippen molar-refractivity contribution >= 4 is 29.1 Å². The lowest BCUT2D eigenvalue weighted by atomic mass is 10.1. The summed E-state index contributed by atoms with van der Waals surface area (Å²) in [5, 5.41) is 10.6. The number of aliphatic hydroxyl groups is 1. The number of likely N-dealkylation sites (N-methyl/N-ethyl adjacent to an activating group) is 1. The number of nitrogens with zero attached hydrogens (tertiary/aromatic N) is 1. The van der Waals surface area contributed by atoms with E-state index in [1.54, 1.807) is 32.0 Å². The fraction of sp³-hybridized carbons (Fsp3) is 0.500. The Kier molecular flexibility index (Phi) is 6.11. The average molecular weight is 320 g/mol. The van der Waals surface area contributed by atoms with Crippen molar-refractivity contribution in [3.63, 3.8) is 0 Å². The molecule has 0 unspecified atom stereocenters. The van der Waals surface area contributed by atoms with Crippen molar-refractivity contribution in [2.75, 3.05) is 19.7 Å². The first-order valence-corrected chi connectivity index (χ1v) is 7.06. The molecule has 112 valence electrons. The summed E-state index contributed by atoms with van der Waals surface area (Å²) in [5.74, 6) is 0.285. The van der Waals surface area contributed by atoms with Crippen molar-refractivity contribution in [2.24, 2.45) is 0 Å². The molecular formula is C14H19Cl2NO3. The van der Waals surface area contributed by atoms with Crippen LogP contribution in [0.4, 0.5) is 0 Å². The number of benzene rings is 1. The zero-order chi connectivity index (χ0) is 15.3. The summed E-state index contributed by atoms with van der Waals surface area (Å²) in [6.07, 6.45) is 0. The molecule has 0 heterocycles. The molecule has 0 aliphatic carbocycles. The van der Waals surface area contributed by atoms with Crippen molar-refractivity contribution in [2.45, 2.75) is 26.4 Å². The second kappa shape index (κ2) is 7.16. The van der Waals surface area contributed by atoms with Crippen LogP contribution in [0.5, 0.6) is 5.75 Å². The van der Waals surface area contributed by atoms with Crippen LogP contribution in [0.2, 0.25) is 10.0 Å². The smallest absolute Gasteiger partial charge is 0.260 e. The summed E-state index contributed by atoms with van der Waals surface area (Å²) < 4.78 is 5.38. The Labute approximate surface area is 129 Å². The van der Waals surface area contributed by atoms with Gasteiger partial charge in [0.25, 0.3) is 5.91 Å². The van der Waals surface area contributed by atoms with Crippen LogP contribution in [0.25, 0.3) is 0 Å². The van der Waals surface area contributed by atoms with Gasteiger partial charge in [0.15, 0.2) is 6.61 Å². The van der Waals surface area contributed by atoms with Gasteiger partial charge in [-0.05, 0) is 32.9 Å². The van der Waals surface area contributed by atoms with Gasteiger partial charge < -0.3 is 14.7 Å². The van der Waals surface area contributed by atoms with E-state index in [0.29, 0.717) is 22.3 Å². The van der Waals surface area contributed by atoms with Gasteiger partial charge in [-0.15, -0.1) is 0 Å². The highest BCUT2D eigenvalue weighted by molar-refractivity contribution is 6.42. The van der Waals surface area contributed by atoms with Crippen molar-refractivity contribution in [1.29, 1.82) is 0 Å². The molecule has 0 aliphatic heterocycles. The number of hydrogen-bond donors (Lipinski definition) is 1. The number of rotatable bonds is 6. The number of halogens is 2. The number of hydrogen-bond acceptors (Lipinski definition) is 3. The number of ether oxygens (including phenoxy) is 1. The van der Waals surface area contributed by atoms with Crippen LogP contribution in [-0.2, 0) is 4.79 Å². The summed E-state index contributed by atoms with van der Waals surface area (Å²) in [7, 11) is 0. The van der Waals surface area contributed by atoms with Gasteiger partial charge >= 0.3 is 0 Å². The molecule has 0 spiro atoms. The molecule has 0 atom stereocenters. The average Bonchev–Trinajstić information content (AvgIpc) is 2.36. The van der Waals surface area contributed by atoms with E-state index in [2.05, 4.69) is 0 Å². The molecule has 0 saturated heterocycles. The Morgan fingerprint density at radius 1 is 1.35 bits per heavy atom. The van der Waals surface area contributed by atoms with E-state index in [4.69, 9.17) is 27.9 Å². The molecular weight excluding hydrogens is 301 g/mol. The molecule has 0 fully saturated rings. The SMILES string of the molecule is CCN(CC(C)(C)O)C(=O)COc1ccc(Cl)c(Cl)c1. The van der Waals surface area contributed by atoms with Crippen molar-refractivity contribution in [3.8, 4) is 5.75 Å². The molecule has 1 N–H and O–H groups in total. The van der Waals surface area contributed by atoms with Crippen molar-refractivity contribution < 1.29 is 14.6 Å². The summed E-state index contributed by atoms with van der Waals surface area (Å²) in [4.78, 5) is 13.5. The molecule has 1 aromatic rings. The second-order valence-corrected chi connectivity index (χ2v) is 5.90. The number of amides is 1. The molecule has 1 amide bonds. The van der Waals surface area contributed by atoms with E-state index < -0.39 is 5.60 Å². The van der Waals surface area contributed by atoms with Gasteiger partial charge in [0.2, 0.25) is 0 Å². The second-order valence-electron chi connectivity index (χ2n) is 5.08. The summed E-state index contributed by atoms with van der Waals surface area (Å²) in [5.41, 5.74) is -0.935. The monoisotopic (exact) mass is 319 g/mol. The van der Waals surface area contributed by atoms with E-state index in [0.717, 1.165) is 0 Å². The van der Waals surface area contributed by atoms with Gasteiger partial charge in [-0.1, -0.05) is 23.2 Å². The Balaban J connectivity index is 2.59. The Bertz CT molecular complexity index is 472. The molecule has 0 bridgehead atoms. The minimum atomic E-state index is -0.935. The zero-order valence-corrected chi connectivity index (χ0v) is 13.3. The van der Waals surface area contributed by atoms with Crippen LogP contribution in [0, 0.1) is 0 Å². The lowest BCUT2D eigenvalue weighted by molar-refractivity contribution is -0.136. The summed E-state index contributed by atoms with van der Waals surface area (Å²) >= 11 is 11.7. The van der Waals surface area contributed by atoms with Gasteiger partial charge in [-0.2, -0.15) is 0 Å². The first-order chi connectivity index (χ1) is 9.23. The van der Waals surface area contributed by atoms with Crippen molar-refractivity contribution in [3.05, 3.63) is 28.2 Å². The minimum Gasteiger partial charge on any atom is -0.484 e. The fourth-order valence-electron chi connectivity index (χ4n) is 1.65. The maximum Gasteiger partial charge on any atom is 0.260 e. The molecule has 1 rings (SSSR count). The lowest BCUT2D eigenvalue weighted by Crippen LogP contribution is -2.44. The third-order valence-corrected chi connectivity index (χ3v) is 3.30. The summed E-state index contributed by atoms with van der Waals surface area (Å²) in [6, 6.07) is 4.81. The lowest BCUT2D eigenvalue weighted by Gasteiger charge is -2.28. The maximum absolute atomic E-state index is 12.0. The van der Waals surface area contributed by atoms with E-state index in [1.165, 1.54) is 4.90 Å². The molecule has 0 radical (unpaired) electrons. The third kappa shape index (κ3) is 5.57. The summed E-state index contributed by atoms with van der Waals surface area (Å²) in [6.45, 7) is 5.82. The predicted octanol–water partition coefficient (Wildman–Crippen LogP) is 2.99. The van der Waals surface area contributed by atoms with E-state index >= 15 is 0 Å². The number of carbonyl (C=O) groups excluding carboxylic acids is 1. The topological polar surface area (TPSA) is 49.8 Å². The molecule has 4 nitrogen and oxygen atoms in total. The van der Waals surface area contributed by atoms with Gasteiger partial charge in [0.05, 0.1) is 15.6 Å². The normalized spacial score (nSPS) is 11.3. The highest BCUT2D eigenvalue weighted by Gasteiger charge is 2.21. The van der Waals surface area contributed by atoms with E-state index in [9.17, 15) is 9.90 Å². The van der Waals surface area contributed by atoms with E-state index in [1.807, 2.05) is 6.92 Å².